The number of nitrogens with one attached hydrogen (secondary N) is 4. The van der Waals surface area contributed by atoms with Crippen LogP contribution in [0.5, 0.6) is 0 Å². The Balaban J connectivity index is 1.60. The van der Waals surface area contributed by atoms with E-state index in [1.165, 1.54) is 36.4 Å². The highest BCUT2D eigenvalue weighted by Gasteiger charge is 2.46. The molecule has 1 heterocycles. The van der Waals surface area contributed by atoms with Crippen LogP contribution in [0.2, 0.25) is 5.02 Å². The fraction of sp³-hybridized carbons (Fsp3) is 0.324. The SMILES string of the molecule is CCNC(=O)C(=O)[C@H](C[C@@H]1CCNC1=O)NC(=O)[C@H](Cc1ccccc1)NC(=O)OC(c1ccccc1)C(F)(F)c1cccc(Cl)c1. The third kappa shape index (κ3) is 9.35. The van der Waals surface area contributed by atoms with Gasteiger partial charge in [0.25, 0.3) is 5.91 Å². The van der Waals surface area contributed by atoms with E-state index >= 15 is 8.78 Å². The molecule has 1 unspecified atom stereocenters. The first-order valence-corrected chi connectivity index (χ1v) is 15.5. The van der Waals surface area contributed by atoms with Crippen molar-refractivity contribution in [2.75, 3.05) is 13.1 Å². The summed E-state index contributed by atoms with van der Waals surface area (Å²) in [7, 11) is 0. The summed E-state index contributed by atoms with van der Waals surface area (Å²) < 4.78 is 37.3. The average molecular weight is 669 g/mol. The Morgan fingerprint density at radius 1 is 0.957 bits per heavy atom. The third-order valence-electron chi connectivity index (χ3n) is 7.63. The van der Waals surface area contributed by atoms with Crippen LogP contribution in [0.1, 0.15) is 42.6 Å². The fourth-order valence-electron chi connectivity index (χ4n) is 5.23. The quantitative estimate of drug-likeness (QED) is 0.190. The number of benzene rings is 3. The van der Waals surface area contributed by atoms with Crippen molar-refractivity contribution in [3.05, 3.63) is 107 Å². The molecule has 4 rings (SSSR count). The Hall–Kier alpha value is -4.84. The van der Waals surface area contributed by atoms with Crippen LogP contribution in [-0.2, 0) is 36.3 Å². The lowest BCUT2D eigenvalue weighted by atomic mass is 9.94. The molecule has 1 aliphatic heterocycles. The number of rotatable bonds is 14. The van der Waals surface area contributed by atoms with Gasteiger partial charge in [0, 0.05) is 36.0 Å². The van der Waals surface area contributed by atoms with Crippen LogP contribution in [0.15, 0.2) is 84.9 Å². The minimum atomic E-state index is -3.74. The van der Waals surface area contributed by atoms with Crippen molar-refractivity contribution in [2.24, 2.45) is 5.92 Å². The van der Waals surface area contributed by atoms with Gasteiger partial charge in [0.15, 0.2) is 6.10 Å². The standard InChI is InChI=1S/C34H35ClF2N4O6/c1-2-38-32(45)28(42)26(19-23-16-17-39-30(23)43)40-31(44)27(18-21-10-5-3-6-11-21)41-33(46)47-29(22-12-7-4-8-13-22)34(36,37)24-14-9-15-25(35)20-24/h3-15,20,23,26-27,29H,2,16-19H2,1H3,(H,38,45)(H,39,43)(H,40,44)(H,41,46)/t23-,26-,27-,29?/m0/s1. The summed E-state index contributed by atoms with van der Waals surface area (Å²) in [5.74, 6) is -7.49. The molecule has 3 aromatic rings. The second-order valence-electron chi connectivity index (χ2n) is 11.0. The minimum absolute atomic E-state index is 0.0147. The second-order valence-corrected chi connectivity index (χ2v) is 11.4. The zero-order valence-electron chi connectivity index (χ0n) is 25.5. The van der Waals surface area contributed by atoms with Gasteiger partial charge in [-0.15, -0.1) is 0 Å². The van der Waals surface area contributed by atoms with Crippen LogP contribution >= 0.6 is 11.6 Å². The summed E-state index contributed by atoms with van der Waals surface area (Å²) in [5, 5.41) is 10.0. The normalized spacial score (nSPS) is 16.3. The molecule has 1 fully saturated rings. The summed E-state index contributed by atoms with van der Waals surface area (Å²) in [4.78, 5) is 64.9. The van der Waals surface area contributed by atoms with Crippen LogP contribution < -0.4 is 21.3 Å². The molecule has 3 aromatic carbocycles. The number of hydrogen-bond acceptors (Lipinski definition) is 6. The molecular weight excluding hydrogens is 634 g/mol. The molecule has 10 nitrogen and oxygen atoms in total. The molecule has 248 valence electrons. The molecule has 0 saturated carbocycles. The molecule has 13 heteroatoms. The lowest BCUT2D eigenvalue weighted by Crippen LogP contribution is -2.55. The Bertz CT molecular complexity index is 1580. The maximum absolute atomic E-state index is 16.0. The lowest BCUT2D eigenvalue weighted by Gasteiger charge is -2.29. The summed E-state index contributed by atoms with van der Waals surface area (Å²) in [6, 6.07) is 18.1. The molecule has 1 aliphatic rings. The van der Waals surface area contributed by atoms with E-state index in [0.717, 1.165) is 12.1 Å². The number of ether oxygens (including phenoxy) is 1. The van der Waals surface area contributed by atoms with E-state index < -0.39 is 59.3 Å². The highest BCUT2D eigenvalue weighted by Crippen LogP contribution is 2.43. The summed E-state index contributed by atoms with van der Waals surface area (Å²) in [6.45, 7) is 2.15. The molecule has 4 atom stereocenters. The highest BCUT2D eigenvalue weighted by atomic mass is 35.5. The molecule has 0 spiro atoms. The van der Waals surface area contributed by atoms with Crippen molar-refractivity contribution in [1.82, 2.24) is 21.3 Å². The van der Waals surface area contributed by atoms with Crippen molar-refractivity contribution in [2.45, 2.75) is 50.3 Å². The van der Waals surface area contributed by atoms with Crippen LogP contribution in [0.3, 0.4) is 0 Å². The highest BCUT2D eigenvalue weighted by molar-refractivity contribution is 6.38. The van der Waals surface area contributed by atoms with Gasteiger partial charge < -0.3 is 26.0 Å². The molecule has 47 heavy (non-hydrogen) atoms. The maximum Gasteiger partial charge on any atom is 0.408 e. The minimum Gasteiger partial charge on any atom is -0.434 e. The number of carbonyl (C=O) groups is 5. The molecule has 0 bridgehead atoms. The predicted octanol–water partition coefficient (Wildman–Crippen LogP) is 4.23. The van der Waals surface area contributed by atoms with E-state index in [-0.39, 0.29) is 35.9 Å². The van der Waals surface area contributed by atoms with Gasteiger partial charge in [-0.1, -0.05) is 84.4 Å². The molecule has 4 N–H and O–H groups in total. The smallest absolute Gasteiger partial charge is 0.408 e. The Morgan fingerprint density at radius 3 is 2.26 bits per heavy atom. The van der Waals surface area contributed by atoms with Gasteiger partial charge in [0.1, 0.15) is 6.04 Å². The molecule has 4 amide bonds. The van der Waals surface area contributed by atoms with Gasteiger partial charge in [-0.3, -0.25) is 19.2 Å². The van der Waals surface area contributed by atoms with E-state index in [9.17, 15) is 24.0 Å². The number of carbonyl (C=O) groups excluding carboxylic acids is 5. The maximum atomic E-state index is 16.0. The number of ketones is 1. The molecule has 0 radical (unpaired) electrons. The monoisotopic (exact) mass is 668 g/mol. The first kappa shape index (κ1) is 35.0. The van der Waals surface area contributed by atoms with Crippen LogP contribution in [0, 0.1) is 5.92 Å². The topological polar surface area (TPSA) is 143 Å². The molecular formula is C34H35ClF2N4O6. The summed E-state index contributed by atoms with van der Waals surface area (Å²) in [6.07, 6.45) is -3.32. The molecule has 0 aromatic heterocycles. The number of hydrogen-bond donors (Lipinski definition) is 4. The number of alkyl halides is 2. The van der Waals surface area contributed by atoms with Crippen LogP contribution in [0.25, 0.3) is 0 Å². The number of alkyl carbamates (subject to hydrolysis) is 1. The lowest BCUT2D eigenvalue weighted by molar-refractivity contribution is -0.140. The Labute approximate surface area is 275 Å². The predicted molar refractivity (Wildman–Crippen MR) is 169 cm³/mol. The summed E-state index contributed by atoms with van der Waals surface area (Å²) in [5.41, 5.74) is 0.0885. The third-order valence-corrected chi connectivity index (χ3v) is 7.87. The number of Topliss-reactive ketones (excluding diaryl/α,β-unsaturated/α-hetero) is 1. The fourth-order valence-corrected chi connectivity index (χ4v) is 5.42. The van der Waals surface area contributed by atoms with Crippen molar-refractivity contribution in [3.63, 3.8) is 0 Å². The van der Waals surface area contributed by atoms with Gasteiger partial charge in [-0.25, -0.2) is 4.79 Å². The van der Waals surface area contributed by atoms with Crippen LogP contribution in [-0.4, -0.2) is 54.8 Å². The Morgan fingerprint density at radius 2 is 1.64 bits per heavy atom. The van der Waals surface area contributed by atoms with Gasteiger partial charge in [-0.05, 0) is 43.0 Å². The molecule has 0 aliphatic carbocycles. The van der Waals surface area contributed by atoms with E-state index in [1.807, 2.05) is 0 Å². The zero-order chi connectivity index (χ0) is 34.0. The van der Waals surface area contributed by atoms with E-state index in [4.69, 9.17) is 16.3 Å². The molecule has 1 saturated heterocycles. The van der Waals surface area contributed by atoms with Gasteiger partial charge in [0.2, 0.25) is 17.6 Å². The first-order valence-electron chi connectivity index (χ1n) is 15.1. The number of amides is 4. The average Bonchev–Trinajstić information content (AvgIpc) is 3.47. The van der Waals surface area contributed by atoms with Gasteiger partial charge >= 0.3 is 12.0 Å². The number of halogens is 3. The van der Waals surface area contributed by atoms with Gasteiger partial charge in [-0.2, -0.15) is 8.78 Å². The van der Waals surface area contributed by atoms with Gasteiger partial charge in [0.05, 0.1) is 6.04 Å². The van der Waals surface area contributed by atoms with E-state index in [2.05, 4.69) is 21.3 Å². The van der Waals surface area contributed by atoms with Crippen LogP contribution in [0.4, 0.5) is 13.6 Å². The first-order chi connectivity index (χ1) is 22.5. The summed E-state index contributed by atoms with van der Waals surface area (Å²) >= 11 is 5.98. The van der Waals surface area contributed by atoms with Crippen molar-refractivity contribution in [1.29, 1.82) is 0 Å². The van der Waals surface area contributed by atoms with Crippen molar-refractivity contribution >= 4 is 41.2 Å². The van der Waals surface area contributed by atoms with E-state index in [0.29, 0.717) is 18.5 Å². The van der Waals surface area contributed by atoms with E-state index in [1.54, 1.807) is 43.3 Å². The van der Waals surface area contributed by atoms with Crippen molar-refractivity contribution in [3.8, 4) is 0 Å². The second kappa shape index (κ2) is 16.1. The zero-order valence-corrected chi connectivity index (χ0v) is 26.3. The largest absolute Gasteiger partial charge is 0.434 e. The van der Waals surface area contributed by atoms with Crippen molar-refractivity contribution < 1.29 is 37.5 Å². The number of likely N-dealkylation sites (N-methyl/N-ethyl adjacent to an activating group) is 1. The Kier molecular flexibility index (Phi) is 12.0.